The first-order chi connectivity index (χ1) is 13.7. The summed E-state index contributed by atoms with van der Waals surface area (Å²) in [6.07, 6.45) is -0.623. The van der Waals surface area contributed by atoms with E-state index in [0.29, 0.717) is 6.42 Å². The van der Waals surface area contributed by atoms with E-state index in [0.717, 1.165) is 22.6 Å². The maximum absolute atomic E-state index is 12.4. The molecule has 1 aromatic heterocycles. The molecule has 3 rings (SSSR count). The molecule has 0 radical (unpaired) electrons. The molecule has 0 aliphatic carbocycles. The molecule has 0 saturated carbocycles. The van der Waals surface area contributed by atoms with Gasteiger partial charge in [0.15, 0.2) is 15.9 Å². The molecular weight excluding hydrogens is 394 g/mol. The number of benzene rings is 1. The van der Waals surface area contributed by atoms with E-state index in [1.165, 1.54) is 6.92 Å². The Labute approximate surface area is 170 Å². The fourth-order valence-corrected chi connectivity index (χ4v) is 5.09. The number of nitrogens with one attached hydrogen (secondary N) is 1. The Morgan fingerprint density at radius 3 is 2.59 bits per heavy atom. The van der Waals surface area contributed by atoms with Crippen molar-refractivity contribution in [3.8, 4) is 5.69 Å². The largest absolute Gasteiger partial charge is 0.452 e. The van der Waals surface area contributed by atoms with Gasteiger partial charge in [-0.1, -0.05) is 18.2 Å². The highest BCUT2D eigenvalue weighted by Crippen LogP contribution is 2.19. The van der Waals surface area contributed by atoms with Gasteiger partial charge in [0.1, 0.15) is 0 Å². The Hall–Kier alpha value is -2.68. The maximum Gasteiger partial charge on any atom is 0.311 e. The van der Waals surface area contributed by atoms with Crippen LogP contribution < -0.4 is 5.32 Å². The number of carbonyl (C=O) groups is 2. The molecule has 1 fully saturated rings. The molecule has 2 aromatic rings. The average Bonchev–Trinajstić information content (AvgIpc) is 3.15. The first-order valence-electron chi connectivity index (χ1n) is 9.47. The van der Waals surface area contributed by atoms with Gasteiger partial charge < -0.3 is 10.1 Å². The number of nitrogens with zero attached hydrogens (tertiary/aromatic N) is 2. The van der Waals surface area contributed by atoms with E-state index in [-0.39, 0.29) is 17.9 Å². The van der Waals surface area contributed by atoms with Gasteiger partial charge in [0.25, 0.3) is 5.91 Å². The molecule has 9 heteroatoms. The quantitative estimate of drug-likeness (QED) is 0.707. The predicted octanol–water partition coefficient (Wildman–Crippen LogP) is 1.27. The zero-order valence-corrected chi connectivity index (χ0v) is 17.5. The van der Waals surface area contributed by atoms with Crippen LogP contribution in [-0.2, 0) is 30.6 Å². The highest BCUT2D eigenvalue weighted by Gasteiger charge is 2.31. The summed E-state index contributed by atoms with van der Waals surface area (Å²) in [6, 6.07) is 9.17. The predicted molar refractivity (Wildman–Crippen MR) is 107 cm³/mol. The van der Waals surface area contributed by atoms with Crippen LogP contribution in [0.2, 0.25) is 0 Å². The van der Waals surface area contributed by atoms with Gasteiger partial charge in [-0.05, 0) is 39.3 Å². The Morgan fingerprint density at radius 2 is 1.97 bits per heavy atom. The Kier molecular flexibility index (Phi) is 6.07. The molecule has 0 bridgehead atoms. The minimum atomic E-state index is -3.09. The summed E-state index contributed by atoms with van der Waals surface area (Å²) in [6.45, 7) is 5.18. The van der Waals surface area contributed by atoms with E-state index in [9.17, 15) is 18.0 Å². The number of sulfone groups is 1. The monoisotopic (exact) mass is 419 g/mol. The number of para-hydroxylation sites is 1. The number of amides is 1. The van der Waals surface area contributed by atoms with Gasteiger partial charge in [-0.2, -0.15) is 5.10 Å². The molecule has 0 unspecified atom stereocenters. The molecule has 0 spiro atoms. The summed E-state index contributed by atoms with van der Waals surface area (Å²) >= 11 is 0. The fourth-order valence-electron chi connectivity index (χ4n) is 3.42. The number of ether oxygens (including phenoxy) is 1. The van der Waals surface area contributed by atoms with Crippen LogP contribution in [-0.4, -0.2) is 53.7 Å². The lowest BCUT2D eigenvalue weighted by atomic mass is 10.1. The van der Waals surface area contributed by atoms with E-state index < -0.39 is 33.9 Å². The number of hydrogen-bond donors (Lipinski definition) is 1. The molecule has 2 atom stereocenters. The molecule has 1 aliphatic rings. The standard InChI is InChI=1S/C20H25N3O5S/c1-13-18(14(2)23(22-13)17-7-5-4-6-8-17)11-19(24)28-15(3)20(25)21-16-9-10-29(26,27)12-16/h4-8,15-16H,9-12H2,1-3H3,(H,21,25)/t15-,16+/m1/s1. The Balaban J connectivity index is 1.60. The average molecular weight is 420 g/mol. The smallest absolute Gasteiger partial charge is 0.311 e. The van der Waals surface area contributed by atoms with Crippen LogP contribution in [0.4, 0.5) is 0 Å². The Morgan fingerprint density at radius 1 is 1.28 bits per heavy atom. The van der Waals surface area contributed by atoms with Crippen LogP contribution in [0.25, 0.3) is 5.69 Å². The number of carbonyl (C=O) groups excluding carboxylic acids is 2. The van der Waals surface area contributed by atoms with Gasteiger partial charge >= 0.3 is 5.97 Å². The number of rotatable bonds is 6. The lowest BCUT2D eigenvalue weighted by Gasteiger charge is -2.16. The van der Waals surface area contributed by atoms with Crippen molar-refractivity contribution in [2.75, 3.05) is 11.5 Å². The third-order valence-electron chi connectivity index (χ3n) is 5.02. The van der Waals surface area contributed by atoms with Crippen molar-refractivity contribution in [1.82, 2.24) is 15.1 Å². The normalized spacial score (nSPS) is 18.9. The molecule has 8 nitrogen and oxygen atoms in total. The summed E-state index contributed by atoms with van der Waals surface area (Å²) in [5, 5.41) is 7.14. The number of esters is 1. The third kappa shape index (κ3) is 5.03. The first kappa shape index (κ1) is 21.0. The van der Waals surface area contributed by atoms with Crippen molar-refractivity contribution in [2.45, 2.75) is 45.8 Å². The van der Waals surface area contributed by atoms with Gasteiger partial charge in [0.05, 0.1) is 29.3 Å². The second-order valence-corrected chi connectivity index (χ2v) is 9.54. The van der Waals surface area contributed by atoms with Crippen LogP contribution in [0, 0.1) is 13.8 Å². The van der Waals surface area contributed by atoms with Gasteiger partial charge in [0, 0.05) is 17.3 Å². The minimum Gasteiger partial charge on any atom is -0.452 e. The van der Waals surface area contributed by atoms with Crippen LogP contribution in [0.15, 0.2) is 30.3 Å². The van der Waals surface area contributed by atoms with Gasteiger partial charge in [-0.3, -0.25) is 9.59 Å². The fraction of sp³-hybridized carbons (Fsp3) is 0.450. The lowest BCUT2D eigenvalue weighted by Crippen LogP contribution is -2.42. The molecule has 1 aliphatic heterocycles. The van der Waals surface area contributed by atoms with E-state index in [4.69, 9.17) is 4.74 Å². The number of hydrogen-bond acceptors (Lipinski definition) is 6. The summed E-state index contributed by atoms with van der Waals surface area (Å²) in [5.74, 6) is -1.04. The zero-order chi connectivity index (χ0) is 21.2. The summed E-state index contributed by atoms with van der Waals surface area (Å²) in [7, 11) is -3.09. The molecule has 156 valence electrons. The third-order valence-corrected chi connectivity index (χ3v) is 6.79. The molecular formula is C20H25N3O5S. The van der Waals surface area contributed by atoms with Crippen molar-refractivity contribution in [3.63, 3.8) is 0 Å². The van der Waals surface area contributed by atoms with Crippen LogP contribution in [0.1, 0.15) is 30.3 Å². The molecule has 2 heterocycles. The molecule has 29 heavy (non-hydrogen) atoms. The van der Waals surface area contributed by atoms with Crippen molar-refractivity contribution >= 4 is 21.7 Å². The van der Waals surface area contributed by atoms with Crippen LogP contribution in [0.3, 0.4) is 0 Å². The molecule has 1 aromatic carbocycles. The minimum absolute atomic E-state index is 0.0000714. The van der Waals surface area contributed by atoms with E-state index in [2.05, 4.69) is 10.4 Å². The number of aryl methyl sites for hydroxylation is 1. The molecule has 1 saturated heterocycles. The van der Waals surface area contributed by atoms with Crippen molar-refractivity contribution < 1.29 is 22.7 Å². The topological polar surface area (TPSA) is 107 Å². The van der Waals surface area contributed by atoms with E-state index >= 15 is 0 Å². The van der Waals surface area contributed by atoms with Crippen molar-refractivity contribution in [2.24, 2.45) is 0 Å². The molecule has 1 amide bonds. The first-order valence-corrected chi connectivity index (χ1v) is 11.3. The Bertz CT molecular complexity index is 1010. The maximum atomic E-state index is 12.4. The van der Waals surface area contributed by atoms with E-state index in [1.54, 1.807) is 4.68 Å². The van der Waals surface area contributed by atoms with Crippen molar-refractivity contribution in [1.29, 1.82) is 0 Å². The SMILES string of the molecule is Cc1nn(-c2ccccc2)c(C)c1CC(=O)O[C@H](C)C(=O)N[C@H]1CCS(=O)(=O)C1. The van der Waals surface area contributed by atoms with Crippen LogP contribution >= 0.6 is 0 Å². The second kappa shape index (κ2) is 8.36. The van der Waals surface area contributed by atoms with Gasteiger partial charge in [0.2, 0.25) is 0 Å². The zero-order valence-electron chi connectivity index (χ0n) is 16.7. The summed E-state index contributed by atoms with van der Waals surface area (Å²) in [5.41, 5.74) is 3.20. The second-order valence-electron chi connectivity index (χ2n) is 7.31. The molecule has 1 N–H and O–H groups in total. The van der Waals surface area contributed by atoms with E-state index in [1.807, 2.05) is 44.2 Å². The lowest BCUT2D eigenvalue weighted by molar-refractivity contribution is -0.154. The number of aromatic nitrogens is 2. The summed E-state index contributed by atoms with van der Waals surface area (Å²) in [4.78, 5) is 24.6. The highest BCUT2D eigenvalue weighted by atomic mass is 32.2. The van der Waals surface area contributed by atoms with Gasteiger partial charge in [-0.15, -0.1) is 0 Å². The summed E-state index contributed by atoms with van der Waals surface area (Å²) < 4.78 is 30.0. The highest BCUT2D eigenvalue weighted by molar-refractivity contribution is 7.91. The van der Waals surface area contributed by atoms with Gasteiger partial charge in [-0.25, -0.2) is 13.1 Å². The van der Waals surface area contributed by atoms with Crippen LogP contribution in [0.5, 0.6) is 0 Å². The van der Waals surface area contributed by atoms with Crippen molar-refractivity contribution in [3.05, 3.63) is 47.3 Å².